The van der Waals surface area contributed by atoms with Gasteiger partial charge in [0.25, 0.3) is 0 Å². The van der Waals surface area contributed by atoms with E-state index < -0.39 is 0 Å². The molecule has 6 heteroatoms. The van der Waals surface area contributed by atoms with Crippen LogP contribution in [0.1, 0.15) is 33.9 Å². The van der Waals surface area contributed by atoms with Crippen molar-refractivity contribution >= 4 is 55.2 Å². The van der Waals surface area contributed by atoms with Crippen LogP contribution in [0.15, 0.2) is 169 Å². The molecule has 0 saturated carbocycles. The van der Waals surface area contributed by atoms with Gasteiger partial charge in [0.2, 0.25) is 0 Å². The number of amidine groups is 1. The van der Waals surface area contributed by atoms with Crippen molar-refractivity contribution < 1.29 is 0 Å². The highest BCUT2D eigenvalue weighted by atomic mass is 32.2. The third-order valence-electron chi connectivity index (χ3n) is 8.65. The highest BCUT2D eigenvalue weighted by molar-refractivity contribution is 8.27. The van der Waals surface area contributed by atoms with Crippen LogP contribution in [0.4, 0.5) is 0 Å². The molecule has 0 bridgehead atoms. The third kappa shape index (κ3) is 5.52. The first-order valence-electron chi connectivity index (χ1n) is 15.9. The maximum absolute atomic E-state index is 9.07. The molecule has 0 fully saturated rings. The zero-order valence-electron chi connectivity index (χ0n) is 26.0. The smallest absolute Gasteiger partial charge is 0.134 e. The molecular formula is C42H31N5S. The van der Waals surface area contributed by atoms with Crippen molar-refractivity contribution in [3.63, 3.8) is 0 Å². The molecule has 1 unspecified atom stereocenters. The third-order valence-corrected chi connectivity index (χ3v) is 9.52. The van der Waals surface area contributed by atoms with Gasteiger partial charge in [0.05, 0.1) is 22.8 Å². The van der Waals surface area contributed by atoms with Crippen molar-refractivity contribution in [2.24, 2.45) is 4.99 Å². The maximum atomic E-state index is 9.07. The average molecular weight is 638 g/mol. The molecule has 2 heterocycles. The van der Waals surface area contributed by atoms with Crippen molar-refractivity contribution in [3.05, 3.63) is 192 Å². The fraction of sp³-hybridized carbons (Fsp3) is 0.0238. The highest BCUT2D eigenvalue weighted by Crippen LogP contribution is 2.34. The standard InChI is InChI=1S/C42H31N5S/c43-40(29-16-5-2-6-17-29)48-41(44)35-23-8-7-20-32(35)37-27-36(28-14-3-1-4-15-28)45-42(46-37)30-18-13-19-31(26-30)47-38-24-11-9-21-33(38)34-22-10-12-25-39(34)47/h1-27,36,43-44H,(H,45,46). The largest absolute Gasteiger partial charge is 0.359 e. The molecule has 230 valence electrons. The molecule has 5 nitrogen and oxygen atoms in total. The number of hydrogen-bond donors (Lipinski definition) is 3. The monoisotopic (exact) mass is 637 g/mol. The Morgan fingerprint density at radius 1 is 0.625 bits per heavy atom. The van der Waals surface area contributed by atoms with Crippen LogP contribution >= 0.6 is 11.8 Å². The van der Waals surface area contributed by atoms with E-state index in [-0.39, 0.29) is 6.04 Å². The molecule has 1 atom stereocenters. The summed E-state index contributed by atoms with van der Waals surface area (Å²) < 4.78 is 2.32. The zero-order chi connectivity index (χ0) is 32.5. The molecule has 0 radical (unpaired) electrons. The minimum Gasteiger partial charge on any atom is -0.359 e. The number of thioether (sulfide) groups is 1. The second-order valence-electron chi connectivity index (χ2n) is 11.6. The Bertz CT molecular complexity index is 2340. The molecule has 0 spiro atoms. The van der Waals surface area contributed by atoms with E-state index in [0.29, 0.717) is 10.1 Å². The van der Waals surface area contributed by atoms with E-state index in [1.165, 1.54) is 10.8 Å². The Hall–Kier alpha value is -5.98. The van der Waals surface area contributed by atoms with Gasteiger partial charge >= 0.3 is 0 Å². The molecule has 1 aliphatic rings. The molecule has 0 saturated heterocycles. The average Bonchev–Trinajstić information content (AvgIpc) is 3.50. The SMILES string of the molecule is N=C(SC(=N)c1ccccc1C1=CC(c2ccccc2)NC(c2cccc(-n3c4ccccc4c4ccccc43)c2)=N1)c1ccccc1. The molecule has 0 aliphatic carbocycles. The van der Waals surface area contributed by atoms with Crippen LogP contribution in [0.25, 0.3) is 33.2 Å². The van der Waals surface area contributed by atoms with E-state index in [1.807, 2.05) is 72.8 Å². The summed E-state index contributed by atoms with van der Waals surface area (Å²) in [4.78, 5) is 5.22. The van der Waals surface area contributed by atoms with Gasteiger partial charge < -0.3 is 9.88 Å². The van der Waals surface area contributed by atoms with Gasteiger partial charge in [-0.2, -0.15) is 0 Å². The number of aliphatic imine (C=N–C) groups is 1. The van der Waals surface area contributed by atoms with Crippen molar-refractivity contribution in [2.75, 3.05) is 0 Å². The number of aromatic nitrogens is 1. The first-order valence-corrected chi connectivity index (χ1v) is 16.7. The molecule has 6 aromatic carbocycles. The van der Waals surface area contributed by atoms with Crippen molar-refractivity contribution in [1.29, 1.82) is 10.8 Å². The second-order valence-corrected chi connectivity index (χ2v) is 12.7. The molecule has 0 amide bonds. The van der Waals surface area contributed by atoms with Crippen molar-refractivity contribution in [3.8, 4) is 5.69 Å². The van der Waals surface area contributed by atoms with Crippen LogP contribution in [-0.2, 0) is 0 Å². The Labute approximate surface area is 283 Å². The predicted molar refractivity (Wildman–Crippen MR) is 202 cm³/mol. The van der Waals surface area contributed by atoms with Gasteiger partial charge in [-0.05, 0) is 35.9 Å². The minimum atomic E-state index is -0.136. The minimum absolute atomic E-state index is 0.136. The van der Waals surface area contributed by atoms with E-state index in [1.54, 1.807) is 0 Å². The van der Waals surface area contributed by atoms with Crippen LogP contribution in [0.3, 0.4) is 0 Å². The summed E-state index contributed by atoms with van der Waals surface area (Å²) in [5.74, 6) is 0.759. The maximum Gasteiger partial charge on any atom is 0.134 e. The van der Waals surface area contributed by atoms with Gasteiger partial charge in [0.1, 0.15) is 15.9 Å². The molecule has 8 rings (SSSR count). The van der Waals surface area contributed by atoms with Crippen LogP contribution in [0.2, 0.25) is 0 Å². The van der Waals surface area contributed by atoms with Gasteiger partial charge in [-0.25, -0.2) is 4.99 Å². The summed E-state index contributed by atoms with van der Waals surface area (Å²) in [6, 6.07) is 53.3. The first kappa shape index (κ1) is 29.4. The van der Waals surface area contributed by atoms with Gasteiger partial charge in [-0.15, -0.1) is 0 Å². The van der Waals surface area contributed by atoms with E-state index in [4.69, 9.17) is 15.8 Å². The summed E-state index contributed by atoms with van der Waals surface area (Å²) in [6.45, 7) is 0. The summed E-state index contributed by atoms with van der Waals surface area (Å²) in [6.07, 6.45) is 2.13. The number of nitrogens with zero attached hydrogens (tertiary/aromatic N) is 2. The van der Waals surface area contributed by atoms with Gasteiger partial charge in [0.15, 0.2) is 0 Å². The zero-order valence-corrected chi connectivity index (χ0v) is 26.8. The Morgan fingerprint density at radius 2 is 1.25 bits per heavy atom. The number of benzene rings is 6. The number of para-hydroxylation sites is 2. The number of hydrogen-bond acceptors (Lipinski definition) is 5. The Kier molecular flexibility index (Phi) is 7.76. The predicted octanol–water partition coefficient (Wildman–Crippen LogP) is 10.0. The number of rotatable bonds is 6. The Balaban J connectivity index is 1.22. The lowest BCUT2D eigenvalue weighted by Crippen LogP contribution is -2.31. The molecule has 1 aliphatic heterocycles. The second kappa shape index (κ2) is 12.7. The molecule has 7 aromatic rings. The highest BCUT2D eigenvalue weighted by Gasteiger charge is 2.23. The van der Waals surface area contributed by atoms with E-state index in [2.05, 4.69) is 101 Å². The molecule has 3 N–H and O–H groups in total. The molecule has 48 heavy (non-hydrogen) atoms. The lowest BCUT2D eigenvalue weighted by atomic mass is 9.98. The Morgan fingerprint density at radius 3 is 1.98 bits per heavy atom. The first-order chi connectivity index (χ1) is 23.6. The van der Waals surface area contributed by atoms with E-state index in [9.17, 15) is 0 Å². The fourth-order valence-corrected chi connectivity index (χ4v) is 7.12. The summed E-state index contributed by atoms with van der Waals surface area (Å²) >= 11 is 1.15. The summed E-state index contributed by atoms with van der Waals surface area (Å²) in [7, 11) is 0. The van der Waals surface area contributed by atoms with Crippen LogP contribution in [0, 0.1) is 10.8 Å². The van der Waals surface area contributed by atoms with E-state index in [0.717, 1.165) is 67.8 Å². The van der Waals surface area contributed by atoms with Crippen molar-refractivity contribution in [2.45, 2.75) is 6.04 Å². The van der Waals surface area contributed by atoms with Crippen LogP contribution in [-0.4, -0.2) is 20.5 Å². The summed E-state index contributed by atoms with van der Waals surface area (Å²) in [5, 5.41) is 24.5. The summed E-state index contributed by atoms with van der Waals surface area (Å²) in [5.41, 5.74) is 8.62. The van der Waals surface area contributed by atoms with Crippen LogP contribution in [0.5, 0.6) is 0 Å². The number of nitrogens with one attached hydrogen (secondary N) is 3. The fourth-order valence-electron chi connectivity index (χ4n) is 6.38. The normalized spacial score (nSPS) is 14.3. The quantitative estimate of drug-likeness (QED) is 0.125. The van der Waals surface area contributed by atoms with Crippen molar-refractivity contribution in [1.82, 2.24) is 9.88 Å². The topological polar surface area (TPSA) is 77.0 Å². The van der Waals surface area contributed by atoms with Crippen LogP contribution < -0.4 is 5.32 Å². The lowest BCUT2D eigenvalue weighted by Gasteiger charge is -2.25. The molecular weight excluding hydrogens is 607 g/mol. The number of fused-ring (bicyclic) bond motifs is 3. The van der Waals surface area contributed by atoms with Gasteiger partial charge in [-0.3, -0.25) is 10.8 Å². The lowest BCUT2D eigenvalue weighted by molar-refractivity contribution is 0.781. The van der Waals surface area contributed by atoms with Gasteiger partial charge in [-0.1, -0.05) is 145 Å². The van der Waals surface area contributed by atoms with Gasteiger partial charge in [0, 0.05) is 38.7 Å². The van der Waals surface area contributed by atoms with E-state index >= 15 is 0 Å². The molecule has 1 aromatic heterocycles.